The van der Waals surface area contributed by atoms with Crippen molar-refractivity contribution in [3.63, 3.8) is 0 Å². The Morgan fingerprint density at radius 2 is 2.19 bits per heavy atom. The van der Waals surface area contributed by atoms with E-state index in [0.29, 0.717) is 29.3 Å². The number of nitrogens with one attached hydrogen (secondary N) is 1. The lowest BCUT2D eigenvalue weighted by atomic mass is 10.1. The molecule has 3 heterocycles. The maximum atomic E-state index is 12.5. The number of hydrogen-bond donors (Lipinski definition) is 1. The summed E-state index contributed by atoms with van der Waals surface area (Å²) in [7, 11) is 0. The van der Waals surface area contributed by atoms with Gasteiger partial charge in [0, 0.05) is 36.9 Å². The number of amides is 1. The molecule has 0 bridgehead atoms. The van der Waals surface area contributed by atoms with E-state index in [4.69, 9.17) is 16.0 Å². The maximum absolute atomic E-state index is 12.5. The second-order valence-corrected chi connectivity index (χ2v) is 7.08. The predicted molar refractivity (Wildman–Crippen MR) is 99.6 cm³/mol. The second-order valence-electron chi connectivity index (χ2n) is 6.67. The molecule has 0 fully saturated rings. The second kappa shape index (κ2) is 7.11. The number of halogens is 1. The number of fused-ring (bicyclic) bond motifs is 2. The summed E-state index contributed by atoms with van der Waals surface area (Å²) in [5, 5.41) is 12.9. The van der Waals surface area contributed by atoms with Gasteiger partial charge in [0.25, 0.3) is 5.91 Å². The van der Waals surface area contributed by atoms with Crippen LogP contribution in [0.4, 0.5) is 0 Å². The smallest absolute Gasteiger partial charge is 0.287 e. The number of nitrogens with zero attached hydrogens (tertiary/aromatic N) is 3. The molecule has 1 N–H and O–H groups in total. The Morgan fingerprint density at radius 1 is 1.31 bits per heavy atom. The van der Waals surface area contributed by atoms with Crippen LogP contribution >= 0.6 is 11.6 Å². The first-order valence-electron chi connectivity index (χ1n) is 9.02. The van der Waals surface area contributed by atoms with Crippen molar-refractivity contribution in [2.24, 2.45) is 0 Å². The monoisotopic (exact) mass is 372 g/mol. The van der Waals surface area contributed by atoms with E-state index < -0.39 is 0 Å². The number of para-hydroxylation sites is 1. The van der Waals surface area contributed by atoms with E-state index in [1.54, 1.807) is 6.07 Å². The number of benzene rings is 1. The van der Waals surface area contributed by atoms with Gasteiger partial charge in [-0.2, -0.15) is 0 Å². The molecule has 1 aliphatic rings. The van der Waals surface area contributed by atoms with Crippen molar-refractivity contribution >= 4 is 28.5 Å². The molecule has 7 heteroatoms. The van der Waals surface area contributed by atoms with Gasteiger partial charge in [0.2, 0.25) is 0 Å². The zero-order chi connectivity index (χ0) is 18.1. The normalized spacial score (nSPS) is 14.2. The van der Waals surface area contributed by atoms with E-state index in [1.165, 1.54) is 12.8 Å². The topological polar surface area (TPSA) is 73.0 Å². The van der Waals surface area contributed by atoms with Gasteiger partial charge >= 0.3 is 0 Å². The summed E-state index contributed by atoms with van der Waals surface area (Å²) in [4.78, 5) is 12.5. The van der Waals surface area contributed by atoms with Crippen molar-refractivity contribution in [1.29, 1.82) is 0 Å². The number of carbonyl (C=O) groups excluding carboxylic acids is 1. The quantitative estimate of drug-likeness (QED) is 0.758. The van der Waals surface area contributed by atoms with E-state index in [0.717, 1.165) is 42.0 Å². The summed E-state index contributed by atoms with van der Waals surface area (Å²) >= 11 is 6.16. The number of aromatic nitrogens is 3. The highest BCUT2D eigenvalue weighted by atomic mass is 35.5. The molecule has 0 spiro atoms. The molecule has 3 aromatic rings. The molecule has 0 saturated carbocycles. The zero-order valence-electron chi connectivity index (χ0n) is 14.7. The fraction of sp³-hybridized carbons (Fsp3) is 0.421. The number of aryl methyl sites for hydroxylation is 2. The van der Waals surface area contributed by atoms with Crippen LogP contribution in [-0.4, -0.2) is 27.2 Å². The molecule has 1 aliphatic heterocycles. The first-order valence-corrected chi connectivity index (χ1v) is 9.39. The molecule has 1 aromatic carbocycles. The molecule has 0 aliphatic carbocycles. The SMILES string of the molecule is Cc1c(C(=O)NCCc2nnc3n2CCCCC3)oc2c(Cl)cccc12. The van der Waals surface area contributed by atoms with Crippen LogP contribution in [0.3, 0.4) is 0 Å². The van der Waals surface area contributed by atoms with Crippen LogP contribution < -0.4 is 5.32 Å². The maximum Gasteiger partial charge on any atom is 0.287 e. The van der Waals surface area contributed by atoms with E-state index in [2.05, 4.69) is 20.1 Å². The van der Waals surface area contributed by atoms with E-state index >= 15 is 0 Å². The Balaban J connectivity index is 1.44. The van der Waals surface area contributed by atoms with Crippen LogP contribution in [0.1, 0.15) is 47.0 Å². The Kier molecular flexibility index (Phi) is 4.68. The van der Waals surface area contributed by atoms with Gasteiger partial charge in [0.1, 0.15) is 11.6 Å². The molecule has 136 valence electrons. The van der Waals surface area contributed by atoms with Crippen molar-refractivity contribution < 1.29 is 9.21 Å². The first kappa shape index (κ1) is 17.1. The Hall–Kier alpha value is -2.34. The van der Waals surface area contributed by atoms with Crippen molar-refractivity contribution in [2.45, 2.75) is 45.6 Å². The molecule has 6 nitrogen and oxygen atoms in total. The third-order valence-electron chi connectivity index (χ3n) is 4.94. The molecule has 0 saturated heterocycles. The van der Waals surface area contributed by atoms with Gasteiger partial charge in [-0.05, 0) is 25.8 Å². The Labute approximate surface area is 156 Å². The molecule has 1 amide bonds. The summed E-state index contributed by atoms with van der Waals surface area (Å²) in [5.41, 5.74) is 1.36. The van der Waals surface area contributed by atoms with Gasteiger partial charge in [0.05, 0.1) is 5.02 Å². The van der Waals surface area contributed by atoms with Gasteiger partial charge in [-0.15, -0.1) is 10.2 Å². The minimum atomic E-state index is -0.231. The average molecular weight is 373 g/mol. The van der Waals surface area contributed by atoms with Gasteiger partial charge in [-0.25, -0.2) is 0 Å². The lowest BCUT2D eigenvalue weighted by molar-refractivity contribution is 0.0927. The van der Waals surface area contributed by atoms with E-state index in [1.807, 2.05) is 19.1 Å². The van der Waals surface area contributed by atoms with Crippen molar-refractivity contribution in [1.82, 2.24) is 20.1 Å². The third-order valence-corrected chi connectivity index (χ3v) is 5.24. The molecular weight excluding hydrogens is 352 g/mol. The van der Waals surface area contributed by atoms with Gasteiger partial charge in [-0.3, -0.25) is 4.79 Å². The number of hydrogen-bond acceptors (Lipinski definition) is 4. The fourth-order valence-corrected chi connectivity index (χ4v) is 3.74. The van der Waals surface area contributed by atoms with Crippen molar-refractivity contribution in [2.75, 3.05) is 6.54 Å². The minimum absolute atomic E-state index is 0.231. The number of furan rings is 1. The fourth-order valence-electron chi connectivity index (χ4n) is 3.52. The molecular formula is C19H21ClN4O2. The van der Waals surface area contributed by atoms with Gasteiger partial charge < -0.3 is 14.3 Å². The summed E-state index contributed by atoms with van der Waals surface area (Å²) in [6.45, 7) is 3.32. The highest BCUT2D eigenvalue weighted by Crippen LogP contribution is 2.30. The van der Waals surface area contributed by atoms with E-state index in [-0.39, 0.29) is 5.91 Å². The summed E-state index contributed by atoms with van der Waals surface area (Å²) < 4.78 is 7.91. The Morgan fingerprint density at radius 3 is 3.04 bits per heavy atom. The third kappa shape index (κ3) is 3.09. The molecule has 26 heavy (non-hydrogen) atoms. The van der Waals surface area contributed by atoms with Crippen molar-refractivity contribution in [3.8, 4) is 0 Å². The molecule has 0 atom stereocenters. The molecule has 0 radical (unpaired) electrons. The summed E-state index contributed by atoms with van der Waals surface area (Å²) in [6.07, 6.45) is 5.19. The number of rotatable bonds is 4. The predicted octanol–water partition coefficient (Wildman–Crippen LogP) is 3.69. The number of carbonyl (C=O) groups is 1. The largest absolute Gasteiger partial charge is 0.449 e. The van der Waals surface area contributed by atoms with E-state index in [9.17, 15) is 4.79 Å². The van der Waals surface area contributed by atoms with Crippen LogP contribution in [-0.2, 0) is 19.4 Å². The minimum Gasteiger partial charge on any atom is -0.449 e. The van der Waals surface area contributed by atoms with Gasteiger partial charge in [-0.1, -0.05) is 30.2 Å². The van der Waals surface area contributed by atoms with Crippen molar-refractivity contribution in [3.05, 3.63) is 46.2 Å². The lowest BCUT2D eigenvalue weighted by Crippen LogP contribution is -2.26. The lowest BCUT2D eigenvalue weighted by Gasteiger charge is -2.07. The summed E-state index contributed by atoms with van der Waals surface area (Å²) in [5.74, 6) is 2.08. The average Bonchev–Trinajstić information content (AvgIpc) is 3.08. The molecule has 2 aromatic heterocycles. The van der Waals surface area contributed by atoms with Gasteiger partial charge in [0.15, 0.2) is 11.3 Å². The zero-order valence-corrected chi connectivity index (χ0v) is 15.5. The highest BCUT2D eigenvalue weighted by Gasteiger charge is 2.19. The van der Waals surface area contributed by atoms with Crippen LogP contribution in [0, 0.1) is 6.92 Å². The van der Waals surface area contributed by atoms with Crippen LogP contribution in [0.2, 0.25) is 5.02 Å². The highest BCUT2D eigenvalue weighted by molar-refractivity contribution is 6.35. The molecule has 0 unspecified atom stereocenters. The van der Waals surface area contributed by atoms with Crippen LogP contribution in [0.5, 0.6) is 0 Å². The first-order chi connectivity index (χ1) is 12.6. The standard InChI is InChI=1S/C19H21ClN4O2/c1-12-13-6-5-7-14(20)18(13)26-17(12)19(25)21-10-9-16-23-22-15-8-3-2-4-11-24(15)16/h5-7H,2-4,8-11H2,1H3,(H,21,25). The van der Waals surface area contributed by atoms with Crippen LogP contribution in [0.15, 0.2) is 22.6 Å². The molecule has 4 rings (SSSR count). The van der Waals surface area contributed by atoms with Crippen LogP contribution in [0.25, 0.3) is 11.0 Å². The Bertz CT molecular complexity index is 960. The summed E-state index contributed by atoms with van der Waals surface area (Å²) in [6, 6.07) is 5.51.